The molecule has 8 heteroatoms. The van der Waals surface area contributed by atoms with Crippen molar-refractivity contribution in [1.29, 1.82) is 0 Å². The number of methoxy groups -OCH3 is 1. The van der Waals surface area contributed by atoms with Gasteiger partial charge in [-0.1, -0.05) is 25.1 Å². The molecule has 0 saturated heterocycles. The van der Waals surface area contributed by atoms with Gasteiger partial charge < -0.3 is 19.3 Å². The topological polar surface area (TPSA) is 89.7 Å². The van der Waals surface area contributed by atoms with Crippen LogP contribution in [-0.2, 0) is 16.1 Å². The molecule has 0 radical (unpaired) electrons. The zero-order valence-corrected chi connectivity index (χ0v) is 16.6. The van der Waals surface area contributed by atoms with Crippen LogP contribution in [0.3, 0.4) is 0 Å². The molecule has 0 bridgehead atoms. The van der Waals surface area contributed by atoms with E-state index in [4.69, 9.17) is 14.0 Å². The number of hydrogen-bond donors (Lipinski definition) is 1. The van der Waals surface area contributed by atoms with Crippen molar-refractivity contribution < 1.29 is 18.8 Å². The fourth-order valence-corrected chi connectivity index (χ4v) is 2.34. The lowest BCUT2D eigenvalue weighted by atomic mass is 10.2. The lowest BCUT2D eigenvalue weighted by Gasteiger charge is -2.14. The van der Waals surface area contributed by atoms with Crippen molar-refractivity contribution in [2.45, 2.75) is 33.4 Å². The highest BCUT2D eigenvalue weighted by Crippen LogP contribution is 2.17. The zero-order chi connectivity index (χ0) is 19.8. The number of nitrogens with one attached hydrogen (secondary N) is 1. The maximum atomic E-state index is 12.2. The highest BCUT2D eigenvalue weighted by molar-refractivity contribution is 5.92. The third kappa shape index (κ3) is 6.99. The van der Waals surface area contributed by atoms with Gasteiger partial charge in [0.2, 0.25) is 11.8 Å². The minimum absolute atomic E-state index is 0.140. The number of likely N-dealkylation sites (N-methyl/N-ethyl adjacent to an activating group) is 1. The first-order chi connectivity index (χ1) is 12.9. The summed E-state index contributed by atoms with van der Waals surface area (Å²) >= 11 is 0. The van der Waals surface area contributed by atoms with E-state index in [9.17, 15) is 4.79 Å². The van der Waals surface area contributed by atoms with Crippen molar-refractivity contribution in [2.24, 2.45) is 5.92 Å². The lowest BCUT2D eigenvalue weighted by Crippen LogP contribution is -2.30. The number of benzene rings is 1. The standard InChI is InChI=1S/C19H28N4O4/c1-13(2)12-26-14(3)19-21-18(27-22-19)11-23(4)10-17(24)20-15-7-6-8-16(9-15)25-5/h6-9,13-14H,10-12H2,1-5H3,(H,20,24). The van der Waals surface area contributed by atoms with Crippen molar-refractivity contribution in [3.63, 3.8) is 0 Å². The monoisotopic (exact) mass is 376 g/mol. The maximum absolute atomic E-state index is 12.2. The summed E-state index contributed by atoms with van der Waals surface area (Å²) in [5.74, 6) is 1.95. The van der Waals surface area contributed by atoms with Crippen LogP contribution in [0.2, 0.25) is 0 Å². The van der Waals surface area contributed by atoms with Gasteiger partial charge in [0.1, 0.15) is 11.9 Å². The van der Waals surface area contributed by atoms with Gasteiger partial charge in [0.25, 0.3) is 0 Å². The van der Waals surface area contributed by atoms with Gasteiger partial charge in [-0.2, -0.15) is 4.98 Å². The summed E-state index contributed by atoms with van der Waals surface area (Å²) < 4.78 is 16.1. The molecule has 2 rings (SSSR count). The molecule has 0 saturated carbocycles. The van der Waals surface area contributed by atoms with Crippen LogP contribution in [0.5, 0.6) is 5.75 Å². The molecule has 0 aliphatic carbocycles. The Hall–Kier alpha value is -2.45. The van der Waals surface area contributed by atoms with E-state index in [1.165, 1.54) is 0 Å². The number of anilines is 1. The van der Waals surface area contributed by atoms with Crippen molar-refractivity contribution in [1.82, 2.24) is 15.0 Å². The average molecular weight is 376 g/mol. The van der Waals surface area contributed by atoms with Crippen molar-refractivity contribution in [3.05, 3.63) is 36.0 Å². The van der Waals surface area contributed by atoms with Crippen LogP contribution >= 0.6 is 0 Å². The molecule has 1 heterocycles. The normalized spacial score (nSPS) is 12.4. The molecule has 1 N–H and O–H groups in total. The van der Waals surface area contributed by atoms with E-state index < -0.39 is 0 Å². The molecule has 1 unspecified atom stereocenters. The fraction of sp³-hybridized carbons (Fsp3) is 0.526. The molecule has 0 aliphatic rings. The van der Waals surface area contributed by atoms with E-state index in [0.29, 0.717) is 42.2 Å². The molecule has 1 atom stereocenters. The maximum Gasteiger partial charge on any atom is 0.240 e. The van der Waals surface area contributed by atoms with Gasteiger partial charge >= 0.3 is 0 Å². The van der Waals surface area contributed by atoms with Crippen molar-refractivity contribution in [3.8, 4) is 5.75 Å². The number of aromatic nitrogens is 2. The number of hydrogen-bond acceptors (Lipinski definition) is 7. The van der Waals surface area contributed by atoms with Gasteiger partial charge in [0.05, 0.1) is 20.2 Å². The Morgan fingerprint density at radius 3 is 2.81 bits per heavy atom. The van der Waals surface area contributed by atoms with Crippen LogP contribution < -0.4 is 10.1 Å². The average Bonchev–Trinajstić information content (AvgIpc) is 3.07. The second kappa shape index (κ2) is 10.0. The molecule has 1 aromatic heterocycles. The number of carbonyl (C=O) groups excluding carboxylic acids is 1. The third-order valence-electron chi connectivity index (χ3n) is 3.70. The molecule has 0 fully saturated rings. The summed E-state index contributed by atoms with van der Waals surface area (Å²) in [5.41, 5.74) is 0.684. The molecular weight excluding hydrogens is 348 g/mol. The fourth-order valence-electron chi connectivity index (χ4n) is 2.34. The van der Waals surface area contributed by atoms with Crippen LogP contribution in [0.15, 0.2) is 28.8 Å². The minimum atomic E-state index is -0.230. The quantitative estimate of drug-likeness (QED) is 0.682. The van der Waals surface area contributed by atoms with E-state index in [2.05, 4.69) is 29.3 Å². The molecular formula is C19H28N4O4. The largest absolute Gasteiger partial charge is 0.497 e. The van der Waals surface area contributed by atoms with Gasteiger partial charge in [-0.3, -0.25) is 9.69 Å². The first-order valence-electron chi connectivity index (χ1n) is 8.94. The van der Waals surface area contributed by atoms with Gasteiger partial charge in [0.15, 0.2) is 5.82 Å². The molecule has 0 aliphatic heterocycles. The van der Waals surface area contributed by atoms with Gasteiger partial charge in [0, 0.05) is 18.4 Å². The Kier molecular flexibility index (Phi) is 7.75. The van der Waals surface area contributed by atoms with Crippen molar-refractivity contribution in [2.75, 3.05) is 32.6 Å². The van der Waals surface area contributed by atoms with E-state index in [1.54, 1.807) is 18.1 Å². The number of ether oxygens (including phenoxy) is 2. The molecule has 1 aromatic carbocycles. The second-order valence-corrected chi connectivity index (χ2v) is 6.87. The lowest BCUT2D eigenvalue weighted by molar-refractivity contribution is -0.117. The molecule has 0 spiro atoms. The molecule has 148 valence electrons. The Labute approximate surface area is 159 Å². The first kappa shape index (κ1) is 20.9. The van der Waals surface area contributed by atoms with Gasteiger partial charge in [-0.05, 0) is 32.0 Å². The number of nitrogens with zero attached hydrogens (tertiary/aromatic N) is 3. The summed E-state index contributed by atoms with van der Waals surface area (Å²) in [6.07, 6.45) is -0.230. The molecule has 1 amide bonds. The Morgan fingerprint density at radius 2 is 2.11 bits per heavy atom. The Bertz CT molecular complexity index is 732. The summed E-state index contributed by atoms with van der Waals surface area (Å²) in [6, 6.07) is 7.21. The summed E-state index contributed by atoms with van der Waals surface area (Å²) in [4.78, 5) is 18.3. The zero-order valence-electron chi connectivity index (χ0n) is 16.6. The minimum Gasteiger partial charge on any atom is -0.497 e. The van der Waals surface area contributed by atoms with E-state index >= 15 is 0 Å². The molecule has 8 nitrogen and oxygen atoms in total. The number of rotatable bonds is 10. The Balaban J connectivity index is 1.82. The number of carbonyl (C=O) groups is 1. The van der Waals surface area contributed by atoms with E-state index in [-0.39, 0.29) is 18.6 Å². The Morgan fingerprint density at radius 1 is 1.33 bits per heavy atom. The SMILES string of the molecule is COc1cccc(NC(=O)CN(C)Cc2nc(C(C)OCC(C)C)no2)c1. The van der Waals surface area contributed by atoms with Crippen LogP contribution in [0.25, 0.3) is 0 Å². The molecule has 2 aromatic rings. The van der Waals surface area contributed by atoms with Gasteiger partial charge in [-0.15, -0.1) is 0 Å². The van der Waals surface area contributed by atoms with Crippen LogP contribution in [0.4, 0.5) is 5.69 Å². The smallest absolute Gasteiger partial charge is 0.240 e. The predicted octanol–water partition coefficient (Wildman–Crippen LogP) is 2.88. The van der Waals surface area contributed by atoms with Crippen LogP contribution in [0, 0.1) is 5.92 Å². The van der Waals surface area contributed by atoms with Crippen LogP contribution in [0.1, 0.15) is 38.6 Å². The molecule has 27 heavy (non-hydrogen) atoms. The second-order valence-electron chi connectivity index (χ2n) is 6.87. The highest BCUT2D eigenvalue weighted by Gasteiger charge is 2.17. The summed E-state index contributed by atoms with van der Waals surface area (Å²) in [6.45, 7) is 7.25. The first-order valence-corrected chi connectivity index (χ1v) is 8.94. The highest BCUT2D eigenvalue weighted by atomic mass is 16.5. The van der Waals surface area contributed by atoms with Crippen molar-refractivity contribution >= 4 is 11.6 Å². The van der Waals surface area contributed by atoms with Gasteiger partial charge in [-0.25, -0.2) is 0 Å². The third-order valence-corrected chi connectivity index (χ3v) is 3.70. The number of amides is 1. The predicted molar refractivity (Wildman–Crippen MR) is 101 cm³/mol. The summed E-state index contributed by atoms with van der Waals surface area (Å²) in [7, 11) is 3.40. The van der Waals surface area contributed by atoms with E-state index in [1.807, 2.05) is 32.2 Å². The summed E-state index contributed by atoms with van der Waals surface area (Å²) in [5, 5.41) is 6.80. The van der Waals surface area contributed by atoms with E-state index in [0.717, 1.165) is 0 Å². The van der Waals surface area contributed by atoms with Crippen LogP contribution in [-0.4, -0.2) is 48.3 Å².